The Bertz CT molecular complexity index is 120. The molecular weight excluding hydrogens is 126 g/mol. The monoisotopic (exact) mass is 143 g/mol. The highest BCUT2D eigenvalue weighted by Crippen LogP contribution is 2.23. The Morgan fingerprint density at radius 2 is 2.30 bits per heavy atom. The van der Waals surface area contributed by atoms with Crippen LogP contribution in [0.2, 0.25) is 0 Å². The van der Waals surface area contributed by atoms with Crippen LogP contribution in [0.1, 0.15) is 27.2 Å². The van der Waals surface area contributed by atoms with Gasteiger partial charge in [0.15, 0.2) is 0 Å². The maximum Gasteiger partial charge on any atom is 0.0895 e. The Hall–Kier alpha value is -0.0800. The lowest BCUT2D eigenvalue weighted by Gasteiger charge is -2.44. The molecular formula is C8H17NO. The minimum atomic E-state index is -0.440. The van der Waals surface area contributed by atoms with Gasteiger partial charge in [-0.1, -0.05) is 13.8 Å². The highest BCUT2D eigenvalue weighted by atomic mass is 16.3. The van der Waals surface area contributed by atoms with E-state index in [2.05, 4.69) is 19.2 Å². The van der Waals surface area contributed by atoms with E-state index in [1.54, 1.807) is 0 Å². The molecule has 0 amide bonds. The highest BCUT2D eigenvalue weighted by molar-refractivity contribution is 4.99. The van der Waals surface area contributed by atoms with Gasteiger partial charge in [0.05, 0.1) is 5.60 Å². The zero-order valence-electron chi connectivity index (χ0n) is 7.02. The van der Waals surface area contributed by atoms with Crippen LogP contribution in [0.15, 0.2) is 0 Å². The van der Waals surface area contributed by atoms with Gasteiger partial charge in [-0.15, -0.1) is 0 Å². The summed E-state index contributed by atoms with van der Waals surface area (Å²) in [6, 6.07) is 0.326. The summed E-state index contributed by atoms with van der Waals surface area (Å²) in [5.41, 5.74) is -0.440. The summed E-state index contributed by atoms with van der Waals surface area (Å²) >= 11 is 0. The third-order valence-electron chi connectivity index (χ3n) is 2.16. The summed E-state index contributed by atoms with van der Waals surface area (Å²) in [4.78, 5) is 0. The predicted octanol–water partition coefficient (Wildman–Crippen LogP) is 0.755. The molecule has 1 rings (SSSR count). The first-order chi connectivity index (χ1) is 4.52. The van der Waals surface area contributed by atoms with E-state index in [0.717, 1.165) is 13.0 Å². The lowest BCUT2D eigenvalue weighted by molar-refractivity contribution is -0.0480. The van der Waals surface area contributed by atoms with Gasteiger partial charge in [-0.05, 0) is 19.3 Å². The maximum absolute atomic E-state index is 9.56. The molecule has 2 N–H and O–H groups in total. The number of hydrogen-bond donors (Lipinski definition) is 2. The number of β-amino-alcohol motifs (C(OH)–C–C–N with tert-alkyl or cyclic N) is 1. The van der Waals surface area contributed by atoms with Crippen molar-refractivity contribution in [2.75, 3.05) is 6.54 Å². The topological polar surface area (TPSA) is 32.3 Å². The van der Waals surface area contributed by atoms with Gasteiger partial charge >= 0.3 is 0 Å². The SMILES string of the molecule is CC(C)C[C@@H]1NC[C@]1(C)O. The van der Waals surface area contributed by atoms with Crippen molar-refractivity contribution >= 4 is 0 Å². The molecule has 2 heteroatoms. The zero-order chi connectivity index (χ0) is 7.78. The smallest absolute Gasteiger partial charge is 0.0895 e. The molecule has 60 valence electrons. The van der Waals surface area contributed by atoms with E-state index in [4.69, 9.17) is 0 Å². The molecule has 0 saturated carbocycles. The summed E-state index contributed by atoms with van der Waals surface area (Å²) in [6.45, 7) is 7.01. The highest BCUT2D eigenvalue weighted by Gasteiger charge is 2.40. The van der Waals surface area contributed by atoms with Gasteiger partial charge < -0.3 is 10.4 Å². The van der Waals surface area contributed by atoms with Crippen LogP contribution in [0, 0.1) is 5.92 Å². The maximum atomic E-state index is 9.56. The molecule has 1 heterocycles. The average molecular weight is 143 g/mol. The van der Waals surface area contributed by atoms with Crippen LogP contribution in [0.25, 0.3) is 0 Å². The molecule has 1 aliphatic heterocycles. The quantitative estimate of drug-likeness (QED) is 0.598. The minimum Gasteiger partial charge on any atom is -0.387 e. The zero-order valence-corrected chi connectivity index (χ0v) is 7.02. The molecule has 0 bridgehead atoms. The van der Waals surface area contributed by atoms with E-state index >= 15 is 0 Å². The predicted molar refractivity (Wildman–Crippen MR) is 41.9 cm³/mol. The molecule has 0 aliphatic carbocycles. The fourth-order valence-electron chi connectivity index (χ4n) is 1.35. The summed E-state index contributed by atoms with van der Waals surface area (Å²) in [5, 5.41) is 12.8. The first kappa shape index (κ1) is 8.02. The second kappa shape index (κ2) is 2.51. The fourth-order valence-corrected chi connectivity index (χ4v) is 1.35. The van der Waals surface area contributed by atoms with Gasteiger partial charge in [0.1, 0.15) is 0 Å². The van der Waals surface area contributed by atoms with Crippen molar-refractivity contribution in [2.45, 2.75) is 38.8 Å². The summed E-state index contributed by atoms with van der Waals surface area (Å²) in [5.74, 6) is 0.671. The van der Waals surface area contributed by atoms with Gasteiger partial charge in [0.25, 0.3) is 0 Å². The lowest BCUT2D eigenvalue weighted by atomic mass is 9.83. The number of hydrogen-bond acceptors (Lipinski definition) is 2. The molecule has 1 aliphatic rings. The van der Waals surface area contributed by atoms with Crippen molar-refractivity contribution < 1.29 is 5.11 Å². The van der Waals surface area contributed by atoms with Gasteiger partial charge in [-0.25, -0.2) is 0 Å². The van der Waals surface area contributed by atoms with Crippen molar-refractivity contribution in [3.63, 3.8) is 0 Å². The van der Waals surface area contributed by atoms with Crippen LogP contribution in [-0.4, -0.2) is 23.3 Å². The van der Waals surface area contributed by atoms with Crippen LogP contribution in [0.5, 0.6) is 0 Å². The molecule has 2 atom stereocenters. The first-order valence-electron chi connectivity index (χ1n) is 3.98. The Labute approximate surface area is 62.6 Å². The van der Waals surface area contributed by atoms with E-state index in [9.17, 15) is 5.11 Å². The van der Waals surface area contributed by atoms with Crippen molar-refractivity contribution in [1.29, 1.82) is 0 Å². The van der Waals surface area contributed by atoms with E-state index in [0.29, 0.717) is 12.0 Å². The third-order valence-corrected chi connectivity index (χ3v) is 2.16. The van der Waals surface area contributed by atoms with E-state index in [1.807, 2.05) is 6.92 Å². The lowest BCUT2D eigenvalue weighted by Crippen LogP contribution is -2.66. The average Bonchev–Trinajstić information content (AvgIpc) is 1.81. The molecule has 0 aromatic carbocycles. The standard InChI is InChI=1S/C8H17NO/c1-6(2)4-7-8(3,10)5-9-7/h6-7,9-10H,4-5H2,1-3H3/t7-,8-/m0/s1. The number of rotatable bonds is 2. The van der Waals surface area contributed by atoms with Gasteiger partial charge in [-0.3, -0.25) is 0 Å². The van der Waals surface area contributed by atoms with Crippen LogP contribution in [0.3, 0.4) is 0 Å². The van der Waals surface area contributed by atoms with E-state index in [1.165, 1.54) is 0 Å². The molecule has 1 fully saturated rings. The van der Waals surface area contributed by atoms with Crippen LogP contribution in [0.4, 0.5) is 0 Å². The second-order valence-electron chi connectivity index (χ2n) is 3.92. The van der Waals surface area contributed by atoms with E-state index in [-0.39, 0.29) is 0 Å². The fraction of sp³-hybridized carbons (Fsp3) is 1.00. The molecule has 1 saturated heterocycles. The second-order valence-corrected chi connectivity index (χ2v) is 3.92. The van der Waals surface area contributed by atoms with Gasteiger partial charge in [0.2, 0.25) is 0 Å². The molecule has 2 nitrogen and oxygen atoms in total. The van der Waals surface area contributed by atoms with Crippen molar-refractivity contribution in [3.05, 3.63) is 0 Å². The number of nitrogens with one attached hydrogen (secondary N) is 1. The van der Waals surface area contributed by atoms with Gasteiger partial charge in [0, 0.05) is 12.6 Å². The van der Waals surface area contributed by atoms with Crippen LogP contribution in [-0.2, 0) is 0 Å². The Morgan fingerprint density at radius 3 is 2.40 bits per heavy atom. The van der Waals surface area contributed by atoms with Crippen molar-refractivity contribution in [3.8, 4) is 0 Å². The number of aliphatic hydroxyl groups is 1. The molecule has 0 unspecified atom stereocenters. The molecule has 0 aromatic rings. The summed E-state index contributed by atoms with van der Waals surface area (Å²) in [7, 11) is 0. The third kappa shape index (κ3) is 1.50. The van der Waals surface area contributed by atoms with Crippen molar-refractivity contribution in [1.82, 2.24) is 5.32 Å². The molecule has 0 aromatic heterocycles. The van der Waals surface area contributed by atoms with Gasteiger partial charge in [-0.2, -0.15) is 0 Å². The normalized spacial score (nSPS) is 39.9. The van der Waals surface area contributed by atoms with Crippen LogP contribution >= 0.6 is 0 Å². The molecule has 0 radical (unpaired) electrons. The summed E-state index contributed by atoms with van der Waals surface area (Å²) < 4.78 is 0. The Balaban J connectivity index is 2.30. The first-order valence-corrected chi connectivity index (χ1v) is 3.98. The largest absolute Gasteiger partial charge is 0.387 e. The summed E-state index contributed by atoms with van der Waals surface area (Å²) in [6.07, 6.45) is 1.08. The van der Waals surface area contributed by atoms with Crippen molar-refractivity contribution in [2.24, 2.45) is 5.92 Å². The Kier molecular flexibility index (Phi) is 2.02. The van der Waals surface area contributed by atoms with Crippen LogP contribution < -0.4 is 5.32 Å². The molecule has 10 heavy (non-hydrogen) atoms. The molecule has 0 spiro atoms. The Morgan fingerprint density at radius 1 is 1.70 bits per heavy atom. The minimum absolute atomic E-state index is 0.326. The van der Waals surface area contributed by atoms with E-state index < -0.39 is 5.60 Å².